The molecule has 1 amide bonds. The van der Waals surface area contributed by atoms with Gasteiger partial charge in [-0.15, -0.1) is 0 Å². The Morgan fingerprint density at radius 3 is 2.86 bits per heavy atom. The fourth-order valence-electron chi connectivity index (χ4n) is 2.65. The van der Waals surface area contributed by atoms with Crippen molar-refractivity contribution in [3.8, 4) is 0 Å². The molecule has 114 valence electrons. The van der Waals surface area contributed by atoms with Crippen molar-refractivity contribution in [2.24, 2.45) is 0 Å². The Bertz CT molecular complexity index is 493. The van der Waals surface area contributed by atoms with Crippen molar-refractivity contribution in [2.75, 3.05) is 19.6 Å². The third kappa shape index (κ3) is 5.64. The Balaban J connectivity index is 1.77. The molecule has 1 saturated heterocycles. The summed E-state index contributed by atoms with van der Waals surface area (Å²) >= 11 is 3.43. The van der Waals surface area contributed by atoms with Gasteiger partial charge in [0.15, 0.2) is 0 Å². The van der Waals surface area contributed by atoms with Crippen LogP contribution in [0, 0.1) is 0 Å². The topological polar surface area (TPSA) is 32.3 Å². The lowest BCUT2D eigenvalue weighted by Crippen LogP contribution is -2.44. The lowest BCUT2D eigenvalue weighted by Gasteiger charge is -2.31. The van der Waals surface area contributed by atoms with E-state index in [1.165, 1.54) is 13.0 Å². The van der Waals surface area contributed by atoms with E-state index in [2.05, 4.69) is 33.1 Å². The number of halogens is 1. The molecule has 1 heterocycles. The number of carbonyl (C=O) groups excluding carboxylic acids is 1. The van der Waals surface area contributed by atoms with Gasteiger partial charge in [0.05, 0.1) is 0 Å². The second kappa shape index (κ2) is 8.35. The predicted molar refractivity (Wildman–Crippen MR) is 91.1 cm³/mol. The largest absolute Gasteiger partial charge is 0.350 e. The van der Waals surface area contributed by atoms with Gasteiger partial charge in [0.1, 0.15) is 0 Å². The van der Waals surface area contributed by atoms with Gasteiger partial charge in [-0.25, -0.2) is 0 Å². The number of rotatable bonds is 5. The number of hydrogen-bond acceptors (Lipinski definition) is 2. The first kappa shape index (κ1) is 16.2. The van der Waals surface area contributed by atoms with Crippen LogP contribution in [0.15, 0.2) is 34.8 Å². The van der Waals surface area contributed by atoms with Crippen LogP contribution in [0.3, 0.4) is 0 Å². The zero-order valence-electron chi connectivity index (χ0n) is 12.5. The van der Waals surface area contributed by atoms with Gasteiger partial charge in [-0.1, -0.05) is 35.0 Å². The molecule has 1 N–H and O–H groups in total. The molecule has 1 fully saturated rings. The third-order valence-electron chi connectivity index (χ3n) is 3.75. The zero-order chi connectivity index (χ0) is 15.1. The molecule has 21 heavy (non-hydrogen) atoms. The van der Waals surface area contributed by atoms with Crippen LogP contribution in [-0.2, 0) is 4.79 Å². The first-order valence-electron chi connectivity index (χ1n) is 7.64. The summed E-state index contributed by atoms with van der Waals surface area (Å²) in [6.45, 7) is 5.56. The van der Waals surface area contributed by atoms with Gasteiger partial charge in [-0.2, -0.15) is 0 Å². The van der Waals surface area contributed by atoms with E-state index in [4.69, 9.17) is 0 Å². The van der Waals surface area contributed by atoms with Gasteiger partial charge < -0.3 is 10.2 Å². The van der Waals surface area contributed by atoms with Crippen LogP contribution >= 0.6 is 15.9 Å². The predicted octanol–water partition coefficient (Wildman–Crippen LogP) is 3.45. The summed E-state index contributed by atoms with van der Waals surface area (Å²) in [6, 6.07) is 8.23. The molecule has 4 heteroatoms. The van der Waals surface area contributed by atoms with E-state index in [1.54, 1.807) is 6.08 Å². The summed E-state index contributed by atoms with van der Waals surface area (Å²) in [5.41, 5.74) is 1.03. The highest BCUT2D eigenvalue weighted by Gasteiger charge is 2.19. The van der Waals surface area contributed by atoms with Crippen molar-refractivity contribution in [3.63, 3.8) is 0 Å². The molecule has 1 aliphatic rings. The molecule has 3 nitrogen and oxygen atoms in total. The highest BCUT2D eigenvalue weighted by molar-refractivity contribution is 9.10. The van der Waals surface area contributed by atoms with Gasteiger partial charge in [0, 0.05) is 29.7 Å². The zero-order valence-corrected chi connectivity index (χ0v) is 14.1. The molecule has 0 aromatic heterocycles. The van der Waals surface area contributed by atoms with E-state index in [9.17, 15) is 4.79 Å². The summed E-state index contributed by atoms with van der Waals surface area (Å²) < 4.78 is 1.02. The van der Waals surface area contributed by atoms with Gasteiger partial charge >= 0.3 is 0 Å². The van der Waals surface area contributed by atoms with E-state index >= 15 is 0 Å². The monoisotopic (exact) mass is 350 g/mol. The minimum absolute atomic E-state index is 0.00363. The molecule has 0 unspecified atom stereocenters. The Morgan fingerprint density at radius 2 is 2.19 bits per heavy atom. The summed E-state index contributed by atoms with van der Waals surface area (Å²) in [6.07, 6.45) is 6.78. The van der Waals surface area contributed by atoms with E-state index < -0.39 is 0 Å². The second-order valence-corrected chi connectivity index (χ2v) is 6.43. The Morgan fingerprint density at radius 1 is 1.43 bits per heavy atom. The quantitative estimate of drug-likeness (QED) is 0.824. The number of piperidine rings is 1. The smallest absolute Gasteiger partial charge is 0.244 e. The molecule has 0 saturated carbocycles. The number of benzene rings is 1. The number of hydrogen-bond donors (Lipinski definition) is 1. The molecule has 0 spiro atoms. The van der Waals surface area contributed by atoms with Crippen LogP contribution in [0.2, 0.25) is 0 Å². The van der Waals surface area contributed by atoms with Gasteiger partial charge in [-0.05, 0) is 49.6 Å². The van der Waals surface area contributed by atoms with Crippen LogP contribution in [0.5, 0.6) is 0 Å². The minimum Gasteiger partial charge on any atom is -0.350 e. The van der Waals surface area contributed by atoms with E-state index in [0.29, 0.717) is 6.04 Å². The van der Waals surface area contributed by atoms with Crippen molar-refractivity contribution >= 4 is 27.9 Å². The molecule has 1 aromatic carbocycles. The number of likely N-dealkylation sites (tertiary alicyclic amines) is 1. The summed E-state index contributed by atoms with van der Waals surface area (Å²) in [7, 11) is 0. The fraction of sp³-hybridized carbons (Fsp3) is 0.471. The number of nitrogens with one attached hydrogen (secondary N) is 1. The Hall–Kier alpha value is -1.13. The van der Waals surface area contributed by atoms with Crippen molar-refractivity contribution in [1.29, 1.82) is 0 Å². The van der Waals surface area contributed by atoms with Crippen molar-refractivity contribution in [1.82, 2.24) is 10.2 Å². The van der Waals surface area contributed by atoms with Crippen molar-refractivity contribution in [2.45, 2.75) is 32.2 Å². The van der Waals surface area contributed by atoms with Crippen molar-refractivity contribution in [3.05, 3.63) is 40.4 Å². The van der Waals surface area contributed by atoms with Gasteiger partial charge in [0.25, 0.3) is 0 Å². The lowest BCUT2D eigenvalue weighted by atomic mass is 10.0. The molecule has 0 atom stereocenters. The molecule has 0 bridgehead atoms. The van der Waals surface area contributed by atoms with Crippen LogP contribution in [-0.4, -0.2) is 36.5 Å². The molecule has 1 aliphatic heterocycles. The maximum atomic E-state index is 12.0. The highest BCUT2D eigenvalue weighted by Crippen LogP contribution is 2.13. The molecule has 0 aliphatic carbocycles. The fourth-order valence-corrected chi connectivity index (χ4v) is 3.07. The van der Waals surface area contributed by atoms with E-state index in [1.807, 2.05) is 30.3 Å². The first-order valence-corrected chi connectivity index (χ1v) is 8.43. The van der Waals surface area contributed by atoms with E-state index in [0.717, 1.165) is 36.0 Å². The van der Waals surface area contributed by atoms with Crippen LogP contribution < -0.4 is 5.32 Å². The van der Waals surface area contributed by atoms with E-state index in [-0.39, 0.29) is 5.91 Å². The molecule has 0 radical (unpaired) electrons. The number of amides is 1. The molecule has 1 aromatic rings. The third-order valence-corrected chi connectivity index (χ3v) is 4.24. The average Bonchev–Trinajstić information content (AvgIpc) is 2.48. The van der Waals surface area contributed by atoms with Crippen LogP contribution in [0.4, 0.5) is 0 Å². The summed E-state index contributed by atoms with van der Waals surface area (Å²) in [5.74, 6) is 0.00363. The summed E-state index contributed by atoms with van der Waals surface area (Å²) in [5, 5.41) is 3.10. The normalized spacial score (nSPS) is 17.2. The Kier molecular flexibility index (Phi) is 6.46. The summed E-state index contributed by atoms with van der Waals surface area (Å²) in [4.78, 5) is 14.4. The maximum Gasteiger partial charge on any atom is 0.244 e. The number of nitrogens with zero attached hydrogens (tertiary/aromatic N) is 1. The second-order valence-electron chi connectivity index (χ2n) is 5.51. The molecule has 2 rings (SSSR count). The van der Waals surface area contributed by atoms with Crippen LogP contribution in [0.1, 0.15) is 31.7 Å². The van der Waals surface area contributed by atoms with Gasteiger partial charge in [0.2, 0.25) is 5.91 Å². The van der Waals surface area contributed by atoms with Crippen molar-refractivity contribution < 1.29 is 4.79 Å². The van der Waals surface area contributed by atoms with Gasteiger partial charge in [-0.3, -0.25) is 4.79 Å². The maximum absolute atomic E-state index is 12.0. The standard InChI is InChI=1S/C17H23BrN2O/c1-2-10-20-11-8-16(9-12-20)19-17(21)7-6-14-4-3-5-15(18)13-14/h3-7,13,16H,2,8-12H2,1H3,(H,19,21)/b7-6+. The first-order chi connectivity index (χ1) is 10.2. The highest BCUT2D eigenvalue weighted by atomic mass is 79.9. The minimum atomic E-state index is 0.00363. The number of carbonyl (C=O) groups is 1. The average molecular weight is 351 g/mol. The molecular formula is C17H23BrN2O. The van der Waals surface area contributed by atoms with Crippen LogP contribution in [0.25, 0.3) is 6.08 Å². The SMILES string of the molecule is CCCN1CCC(NC(=O)/C=C/c2cccc(Br)c2)CC1. The molecular weight excluding hydrogens is 328 g/mol. The lowest BCUT2D eigenvalue weighted by molar-refractivity contribution is -0.117. The Labute approximate surface area is 135 Å².